The maximum absolute atomic E-state index is 12.6. The number of aromatic nitrogens is 2. The highest BCUT2D eigenvalue weighted by molar-refractivity contribution is 7.90. The number of halogens is 1. The van der Waals surface area contributed by atoms with Crippen molar-refractivity contribution in [3.8, 4) is 0 Å². The molecule has 1 heterocycles. The van der Waals surface area contributed by atoms with E-state index in [0.717, 1.165) is 4.09 Å². The zero-order valence-electron chi connectivity index (χ0n) is 10.6. The van der Waals surface area contributed by atoms with Gasteiger partial charge in [0.15, 0.2) is 0 Å². The second-order valence-corrected chi connectivity index (χ2v) is 6.60. The molecule has 6 heteroatoms. The van der Waals surface area contributed by atoms with Crippen LogP contribution in [0.3, 0.4) is 0 Å². The van der Waals surface area contributed by atoms with Crippen LogP contribution in [0.5, 0.6) is 0 Å². The van der Waals surface area contributed by atoms with Gasteiger partial charge in [-0.25, -0.2) is 0 Å². The lowest BCUT2D eigenvalue weighted by molar-refractivity contribution is 0.580. The standard InChI is InChI=1S/C14H11ClN2O2S/c1-10-8-9-17(16-10)20(18,19)14-7-6-13(15)11-4-2-3-5-12(11)14/h2-9H,1H3. The molecule has 0 radical (unpaired) electrons. The fourth-order valence-electron chi connectivity index (χ4n) is 2.09. The number of benzene rings is 2. The second kappa shape index (κ2) is 4.61. The van der Waals surface area contributed by atoms with Crippen LogP contribution in [-0.4, -0.2) is 17.6 Å². The minimum absolute atomic E-state index is 0.195. The Kier molecular flexibility index (Phi) is 3.03. The number of nitrogens with zero attached hydrogens (tertiary/aromatic N) is 2. The van der Waals surface area contributed by atoms with E-state index in [1.54, 1.807) is 37.3 Å². The second-order valence-electron chi connectivity index (χ2n) is 4.43. The highest BCUT2D eigenvalue weighted by atomic mass is 35.5. The summed E-state index contributed by atoms with van der Waals surface area (Å²) in [6.07, 6.45) is 1.44. The average Bonchev–Trinajstić information content (AvgIpc) is 2.87. The first-order valence-corrected chi connectivity index (χ1v) is 7.77. The molecular formula is C14H11ClN2O2S. The molecule has 1 aromatic heterocycles. The van der Waals surface area contributed by atoms with Gasteiger partial charge in [-0.1, -0.05) is 35.9 Å². The van der Waals surface area contributed by atoms with E-state index in [0.29, 0.717) is 21.5 Å². The molecule has 0 saturated carbocycles. The summed E-state index contributed by atoms with van der Waals surface area (Å²) >= 11 is 6.11. The summed E-state index contributed by atoms with van der Waals surface area (Å²) < 4.78 is 26.2. The Morgan fingerprint density at radius 1 is 1.05 bits per heavy atom. The Labute approximate surface area is 121 Å². The highest BCUT2D eigenvalue weighted by Gasteiger charge is 2.21. The fourth-order valence-corrected chi connectivity index (χ4v) is 3.67. The first-order chi connectivity index (χ1) is 9.50. The molecule has 4 nitrogen and oxygen atoms in total. The normalized spacial score (nSPS) is 11.9. The minimum Gasteiger partial charge on any atom is -0.199 e. The average molecular weight is 307 g/mol. The lowest BCUT2D eigenvalue weighted by Crippen LogP contribution is -2.14. The third kappa shape index (κ3) is 1.99. The van der Waals surface area contributed by atoms with Gasteiger partial charge in [-0.15, -0.1) is 0 Å². The molecule has 0 amide bonds. The summed E-state index contributed by atoms with van der Waals surface area (Å²) in [7, 11) is -3.71. The van der Waals surface area contributed by atoms with Crippen LogP contribution in [0.2, 0.25) is 5.02 Å². The van der Waals surface area contributed by atoms with Crippen LogP contribution < -0.4 is 0 Å². The zero-order chi connectivity index (χ0) is 14.3. The Hall–Kier alpha value is -1.85. The van der Waals surface area contributed by atoms with Crippen LogP contribution in [0, 0.1) is 6.92 Å². The Morgan fingerprint density at radius 2 is 1.75 bits per heavy atom. The van der Waals surface area contributed by atoms with Gasteiger partial charge in [-0.3, -0.25) is 0 Å². The van der Waals surface area contributed by atoms with Crippen LogP contribution in [0.4, 0.5) is 0 Å². The Bertz CT molecular complexity index is 900. The number of aryl methyl sites for hydroxylation is 1. The summed E-state index contributed by atoms with van der Waals surface area (Å²) in [5.41, 5.74) is 0.645. The molecule has 3 rings (SSSR count). The van der Waals surface area contributed by atoms with E-state index in [9.17, 15) is 8.42 Å². The molecule has 0 fully saturated rings. The van der Waals surface area contributed by atoms with Gasteiger partial charge >= 0.3 is 0 Å². The van der Waals surface area contributed by atoms with Crippen LogP contribution in [-0.2, 0) is 10.0 Å². The third-order valence-electron chi connectivity index (χ3n) is 3.05. The number of rotatable bonds is 2. The molecule has 0 aliphatic heterocycles. The van der Waals surface area contributed by atoms with Gasteiger partial charge in [0.25, 0.3) is 10.0 Å². The zero-order valence-corrected chi connectivity index (χ0v) is 12.2. The number of fused-ring (bicyclic) bond motifs is 1. The maximum Gasteiger partial charge on any atom is 0.283 e. The minimum atomic E-state index is -3.71. The monoisotopic (exact) mass is 306 g/mol. The smallest absolute Gasteiger partial charge is 0.199 e. The number of hydrogen-bond donors (Lipinski definition) is 0. The largest absolute Gasteiger partial charge is 0.283 e. The molecule has 0 spiro atoms. The summed E-state index contributed by atoms with van der Waals surface area (Å²) in [5, 5.41) is 5.81. The first-order valence-electron chi connectivity index (χ1n) is 5.95. The molecule has 0 aliphatic rings. The molecular weight excluding hydrogens is 296 g/mol. The predicted molar refractivity (Wildman–Crippen MR) is 78.5 cm³/mol. The van der Waals surface area contributed by atoms with Gasteiger partial charge in [0, 0.05) is 22.0 Å². The van der Waals surface area contributed by atoms with Crippen LogP contribution in [0.15, 0.2) is 53.6 Å². The lowest BCUT2D eigenvalue weighted by Gasteiger charge is -2.09. The van der Waals surface area contributed by atoms with Crippen LogP contribution in [0.25, 0.3) is 10.8 Å². The van der Waals surface area contributed by atoms with Crippen molar-refractivity contribution < 1.29 is 8.42 Å². The van der Waals surface area contributed by atoms with Crippen molar-refractivity contribution in [2.24, 2.45) is 0 Å². The Balaban J connectivity index is 2.33. The summed E-state index contributed by atoms with van der Waals surface area (Å²) in [5.74, 6) is 0. The van der Waals surface area contributed by atoms with E-state index in [4.69, 9.17) is 11.6 Å². The van der Waals surface area contributed by atoms with E-state index in [2.05, 4.69) is 5.10 Å². The third-order valence-corrected chi connectivity index (χ3v) is 4.99. The highest BCUT2D eigenvalue weighted by Crippen LogP contribution is 2.30. The van der Waals surface area contributed by atoms with E-state index in [1.807, 2.05) is 6.07 Å². The van der Waals surface area contributed by atoms with Crippen molar-refractivity contribution in [2.45, 2.75) is 11.8 Å². The molecule has 102 valence electrons. The molecule has 0 atom stereocenters. The molecule has 2 aromatic carbocycles. The van der Waals surface area contributed by atoms with Gasteiger partial charge in [0.2, 0.25) is 0 Å². The summed E-state index contributed by atoms with van der Waals surface area (Å²) in [4.78, 5) is 0.195. The quantitative estimate of drug-likeness (QED) is 0.730. The van der Waals surface area contributed by atoms with Gasteiger partial charge in [0.05, 0.1) is 10.6 Å². The molecule has 0 saturated heterocycles. The fraction of sp³-hybridized carbons (Fsp3) is 0.0714. The van der Waals surface area contributed by atoms with E-state index in [-0.39, 0.29) is 4.90 Å². The molecule has 0 aliphatic carbocycles. The molecule has 20 heavy (non-hydrogen) atoms. The topological polar surface area (TPSA) is 52.0 Å². The first kappa shape index (κ1) is 13.1. The van der Waals surface area contributed by atoms with Crippen molar-refractivity contribution in [2.75, 3.05) is 0 Å². The van der Waals surface area contributed by atoms with Crippen LogP contribution >= 0.6 is 11.6 Å². The van der Waals surface area contributed by atoms with Gasteiger partial charge in [-0.05, 0) is 25.1 Å². The van der Waals surface area contributed by atoms with Gasteiger partial charge in [-0.2, -0.15) is 17.6 Å². The molecule has 3 aromatic rings. The molecule has 0 N–H and O–H groups in total. The van der Waals surface area contributed by atoms with Crippen molar-refractivity contribution in [1.29, 1.82) is 0 Å². The van der Waals surface area contributed by atoms with E-state index in [1.165, 1.54) is 12.3 Å². The Morgan fingerprint density at radius 3 is 2.40 bits per heavy atom. The lowest BCUT2D eigenvalue weighted by atomic mass is 10.1. The van der Waals surface area contributed by atoms with Crippen molar-refractivity contribution in [3.63, 3.8) is 0 Å². The van der Waals surface area contributed by atoms with E-state index >= 15 is 0 Å². The predicted octanol–water partition coefficient (Wildman–Crippen LogP) is 3.24. The maximum atomic E-state index is 12.6. The van der Waals surface area contributed by atoms with Crippen LogP contribution in [0.1, 0.15) is 5.69 Å². The summed E-state index contributed by atoms with van der Waals surface area (Å²) in [6.45, 7) is 1.74. The van der Waals surface area contributed by atoms with Crippen molar-refractivity contribution in [3.05, 3.63) is 59.4 Å². The molecule has 0 bridgehead atoms. The SMILES string of the molecule is Cc1ccn(S(=O)(=O)c2ccc(Cl)c3ccccc23)n1. The number of hydrogen-bond acceptors (Lipinski definition) is 3. The summed E-state index contributed by atoms with van der Waals surface area (Å²) in [6, 6.07) is 11.9. The molecule has 0 unspecified atom stereocenters. The van der Waals surface area contributed by atoms with E-state index < -0.39 is 10.0 Å². The van der Waals surface area contributed by atoms with Crippen molar-refractivity contribution >= 4 is 32.4 Å². The van der Waals surface area contributed by atoms with Gasteiger partial charge in [0.1, 0.15) is 0 Å². The van der Waals surface area contributed by atoms with Crippen molar-refractivity contribution in [1.82, 2.24) is 9.19 Å². The van der Waals surface area contributed by atoms with Gasteiger partial charge < -0.3 is 0 Å².